The molecular weight excluding hydrogens is 419 g/mol. The first kappa shape index (κ1) is 23.6. The van der Waals surface area contributed by atoms with Crippen LogP contribution >= 0.6 is 0 Å². The fourth-order valence-electron chi connectivity index (χ4n) is 4.08. The number of nitrogens with zero attached hydrogens (tertiary/aromatic N) is 1. The molecule has 3 amide bonds. The lowest BCUT2D eigenvalue weighted by Gasteiger charge is -2.38. The van der Waals surface area contributed by atoms with E-state index in [0.717, 1.165) is 24.1 Å². The number of hydrogen-bond donors (Lipinski definition) is 2. The number of likely N-dealkylation sites (tertiary alicyclic amines) is 1. The molecule has 0 saturated carbocycles. The van der Waals surface area contributed by atoms with Crippen molar-refractivity contribution in [1.29, 1.82) is 0 Å². The van der Waals surface area contributed by atoms with Crippen molar-refractivity contribution in [2.75, 3.05) is 18.4 Å². The maximum Gasteiger partial charge on any atom is 0.416 e. The first-order valence-electron chi connectivity index (χ1n) is 10.8. The molecule has 2 aromatic carbocycles. The summed E-state index contributed by atoms with van der Waals surface area (Å²) in [7, 11) is 0. The molecule has 1 aliphatic rings. The van der Waals surface area contributed by atoms with Crippen molar-refractivity contribution in [3.05, 3.63) is 65.7 Å². The number of halogens is 3. The smallest absolute Gasteiger partial charge is 0.352 e. The topological polar surface area (TPSA) is 61.4 Å². The highest BCUT2D eigenvalue weighted by atomic mass is 19.4. The molecule has 172 valence electrons. The second-order valence-electron chi connectivity index (χ2n) is 8.14. The summed E-state index contributed by atoms with van der Waals surface area (Å²) >= 11 is 0. The van der Waals surface area contributed by atoms with Gasteiger partial charge in [-0.1, -0.05) is 49.7 Å². The number of urea groups is 1. The number of benzene rings is 2. The molecule has 0 bridgehead atoms. The monoisotopic (exact) mass is 447 g/mol. The van der Waals surface area contributed by atoms with Gasteiger partial charge >= 0.3 is 12.2 Å². The lowest BCUT2D eigenvalue weighted by molar-refractivity contribution is -0.137. The minimum absolute atomic E-state index is 0.0147. The highest BCUT2D eigenvalue weighted by Crippen LogP contribution is 2.32. The Balaban J connectivity index is 1.52. The average Bonchev–Trinajstić information content (AvgIpc) is 2.78. The maximum atomic E-state index is 12.9. The molecule has 0 aliphatic carbocycles. The summed E-state index contributed by atoms with van der Waals surface area (Å²) < 4.78 is 38.7. The van der Waals surface area contributed by atoms with E-state index in [4.69, 9.17) is 0 Å². The molecule has 0 unspecified atom stereocenters. The van der Waals surface area contributed by atoms with E-state index < -0.39 is 17.8 Å². The van der Waals surface area contributed by atoms with Crippen LogP contribution in [0.2, 0.25) is 0 Å². The van der Waals surface area contributed by atoms with Crippen molar-refractivity contribution in [2.24, 2.45) is 11.8 Å². The highest BCUT2D eigenvalue weighted by Gasteiger charge is 2.33. The third-order valence-corrected chi connectivity index (χ3v) is 5.92. The summed E-state index contributed by atoms with van der Waals surface area (Å²) in [5, 5.41) is 5.52. The molecule has 1 heterocycles. The van der Waals surface area contributed by atoms with E-state index >= 15 is 0 Å². The molecule has 1 aliphatic heterocycles. The molecular formula is C24H28F3N3O2. The molecule has 1 fully saturated rings. The first-order chi connectivity index (χ1) is 15.3. The average molecular weight is 448 g/mol. The van der Waals surface area contributed by atoms with Crippen LogP contribution in [0.1, 0.15) is 37.3 Å². The Hall–Kier alpha value is -3.03. The minimum atomic E-state index is -4.46. The summed E-state index contributed by atoms with van der Waals surface area (Å²) in [5.74, 6) is 0.297. The maximum absolute atomic E-state index is 12.9. The molecule has 2 aromatic rings. The number of rotatable bonds is 6. The second kappa shape index (κ2) is 10.5. The Morgan fingerprint density at radius 1 is 1.06 bits per heavy atom. The third kappa shape index (κ3) is 6.48. The van der Waals surface area contributed by atoms with Gasteiger partial charge in [-0.15, -0.1) is 0 Å². The van der Waals surface area contributed by atoms with E-state index in [9.17, 15) is 22.8 Å². The van der Waals surface area contributed by atoms with Gasteiger partial charge in [-0.25, -0.2) is 4.79 Å². The van der Waals surface area contributed by atoms with Gasteiger partial charge in [0.05, 0.1) is 5.56 Å². The van der Waals surface area contributed by atoms with Crippen LogP contribution in [0.5, 0.6) is 0 Å². The van der Waals surface area contributed by atoms with Crippen LogP contribution < -0.4 is 10.6 Å². The zero-order chi connectivity index (χ0) is 23.1. The largest absolute Gasteiger partial charge is 0.416 e. The van der Waals surface area contributed by atoms with Crippen molar-refractivity contribution < 1.29 is 22.8 Å². The molecule has 2 N–H and O–H groups in total. The van der Waals surface area contributed by atoms with Crippen LogP contribution in [-0.4, -0.2) is 29.9 Å². The number of nitrogens with one attached hydrogen (secondary N) is 2. The van der Waals surface area contributed by atoms with Gasteiger partial charge in [0.15, 0.2) is 0 Å². The van der Waals surface area contributed by atoms with Crippen LogP contribution in [0.15, 0.2) is 54.6 Å². The van der Waals surface area contributed by atoms with Crippen LogP contribution in [0.25, 0.3) is 0 Å². The molecule has 0 aromatic heterocycles. The van der Waals surface area contributed by atoms with Crippen molar-refractivity contribution >= 4 is 17.6 Å². The number of carbonyl (C=O) groups excluding carboxylic acids is 2. The van der Waals surface area contributed by atoms with Gasteiger partial charge in [0.1, 0.15) is 0 Å². The summed E-state index contributed by atoms with van der Waals surface area (Å²) in [6, 6.07) is 13.9. The van der Waals surface area contributed by atoms with Gasteiger partial charge in [0.2, 0.25) is 5.91 Å². The van der Waals surface area contributed by atoms with Crippen molar-refractivity contribution in [3.8, 4) is 0 Å². The van der Waals surface area contributed by atoms with Crippen LogP contribution in [-0.2, 0) is 17.5 Å². The first-order valence-corrected chi connectivity index (χ1v) is 10.8. The van der Waals surface area contributed by atoms with E-state index in [0.29, 0.717) is 32.5 Å². The van der Waals surface area contributed by atoms with Gasteiger partial charge in [-0.2, -0.15) is 13.2 Å². The van der Waals surface area contributed by atoms with E-state index in [2.05, 4.69) is 10.6 Å². The van der Waals surface area contributed by atoms with Crippen LogP contribution in [0.4, 0.5) is 23.7 Å². The zero-order valence-corrected chi connectivity index (χ0v) is 18.0. The molecule has 0 spiro atoms. The van der Waals surface area contributed by atoms with Gasteiger partial charge < -0.3 is 15.5 Å². The fourth-order valence-corrected chi connectivity index (χ4v) is 4.08. The van der Waals surface area contributed by atoms with E-state index in [1.807, 2.05) is 37.3 Å². The number of carbonyl (C=O) groups is 2. The third-order valence-electron chi connectivity index (χ3n) is 5.92. The SMILES string of the molecule is CC[C@@H]1CN(C(=O)Nc2cccc(C(F)(F)F)c2)CC[C@H]1CC(=O)NCc1ccccc1. The Labute approximate surface area is 186 Å². The van der Waals surface area contributed by atoms with E-state index in [1.165, 1.54) is 12.1 Å². The molecule has 5 nitrogen and oxygen atoms in total. The Bertz CT molecular complexity index is 918. The Morgan fingerprint density at radius 3 is 2.50 bits per heavy atom. The lowest BCUT2D eigenvalue weighted by atomic mass is 9.81. The van der Waals surface area contributed by atoms with Gasteiger partial charge in [0, 0.05) is 31.7 Å². The standard InChI is InChI=1S/C24H28F3N3O2/c1-2-18-16-30(23(32)29-21-10-6-9-20(14-21)24(25,26)27)12-11-19(18)13-22(31)28-15-17-7-4-3-5-8-17/h3-10,14,18-19H,2,11-13,15-16H2,1H3,(H,28,31)(H,29,32)/t18-,19+/m1/s1. The number of alkyl halides is 3. The van der Waals surface area contributed by atoms with Crippen molar-refractivity contribution in [1.82, 2.24) is 10.2 Å². The zero-order valence-electron chi connectivity index (χ0n) is 18.0. The molecule has 32 heavy (non-hydrogen) atoms. The number of piperidine rings is 1. The molecule has 2 atom stereocenters. The van der Waals surface area contributed by atoms with Crippen LogP contribution in [0.3, 0.4) is 0 Å². The lowest BCUT2D eigenvalue weighted by Crippen LogP contribution is -2.46. The number of anilines is 1. The predicted molar refractivity (Wildman–Crippen MR) is 117 cm³/mol. The molecule has 1 saturated heterocycles. The predicted octanol–water partition coefficient (Wildman–Crippen LogP) is 5.29. The Kier molecular flexibility index (Phi) is 7.77. The molecule has 0 radical (unpaired) electrons. The van der Waals surface area contributed by atoms with Crippen molar-refractivity contribution in [3.63, 3.8) is 0 Å². The van der Waals surface area contributed by atoms with Crippen LogP contribution in [0, 0.1) is 11.8 Å². The van der Waals surface area contributed by atoms with E-state index in [-0.39, 0.29) is 23.4 Å². The fraction of sp³-hybridized carbons (Fsp3) is 0.417. The molecule has 3 rings (SSSR count). The number of amides is 3. The quantitative estimate of drug-likeness (QED) is 0.632. The van der Waals surface area contributed by atoms with Gasteiger partial charge in [-0.05, 0) is 42.0 Å². The highest BCUT2D eigenvalue weighted by molar-refractivity contribution is 5.89. The van der Waals surface area contributed by atoms with E-state index in [1.54, 1.807) is 4.90 Å². The van der Waals surface area contributed by atoms with Crippen molar-refractivity contribution in [2.45, 2.75) is 38.9 Å². The van der Waals surface area contributed by atoms with Gasteiger partial charge in [0.25, 0.3) is 0 Å². The summed E-state index contributed by atoms with van der Waals surface area (Å²) in [6.45, 7) is 3.43. The second-order valence-corrected chi connectivity index (χ2v) is 8.14. The Morgan fingerprint density at radius 2 is 1.81 bits per heavy atom. The summed E-state index contributed by atoms with van der Waals surface area (Å²) in [5.41, 5.74) is 0.344. The molecule has 8 heteroatoms. The summed E-state index contributed by atoms with van der Waals surface area (Å²) in [4.78, 5) is 26.7. The summed E-state index contributed by atoms with van der Waals surface area (Å²) in [6.07, 6.45) is -2.58. The van der Waals surface area contributed by atoms with Gasteiger partial charge in [-0.3, -0.25) is 4.79 Å². The minimum Gasteiger partial charge on any atom is -0.352 e. The number of hydrogen-bond acceptors (Lipinski definition) is 2. The normalized spacial score (nSPS) is 18.8.